The summed E-state index contributed by atoms with van der Waals surface area (Å²) in [4.78, 5) is 10.7. The number of rotatable bonds is 3. The van der Waals surface area contributed by atoms with Crippen molar-refractivity contribution >= 4 is 17.6 Å². The Kier molecular flexibility index (Phi) is 3.40. The molecule has 1 aromatic carbocycles. The molecule has 1 aromatic rings. The van der Waals surface area contributed by atoms with Crippen molar-refractivity contribution in [2.75, 3.05) is 13.2 Å². The minimum absolute atomic E-state index is 0.200. The number of hydrogen-bond acceptors (Lipinski definition) is 4. The zero-order chi connectivity index (χ0) is 12.4. The van der Waals surface area contributed by atoms with Crippen LogP contribution in [0.15, 0.2) is 12.1 Å². The van der Waals surface area contributed by atoms with Gasteiger partial charge in [0.1, 0.15) is 19.3 Å². The van der Waals surface area contributed by atoms with Crippen molar-refractivity contribution < 1.29 is 19.4 Å². The Balaban J connectivity index is 2.25. The average molecular weight is 258 g/mol. The fraction of sp³-hybridized carbons (Fsp3) is 0.364. The van der Waals surface area contributed by atoms with Gasteiger partial charge in [0.2, 0.25) is 0 Å². The quantitative estimate of drug-likeness (QED) is 0.846. The highest BCUT2D eigenvalue weighted by Crippen LogP contribution is 2.38. The summed E-state index contributed by atoms with van der Waals surface area (Å²) in [6, 6.07) is 2.41. The van der Waals surface area contributed by atoms with E-state index < -0.39 is 12.0 Å². The molecule has 0 saturated heterocycles. The summed E-state index contributed by atoms with van der Waals surface area (Å²) in [6.07, 6.45) is 0.200. The summed E-state index contributed by atoms with van der Waals surface area (Å²) < 4.78 is 10.7. The molecule has 0 aromatic heterocycles. The van der Waals surface area contributed by atoms with Crippen LogP contribution in [0, 0.1) is 0 Å². The van der Waals surface area contributed by atoms with Crippen molar-refractivity contribution in [2.45, 2.75) is 12.5 Å². The predicted molar refractivity (Wildman–Crippen MR) is 61.8 cm³/mol. The van der Waals surface area contributed by atoms with E-state index in [1.54, 1.807) is 12.1 Å². The van der Waals surface area contributed by atoms with Gasteiger partial charge in [0.25, 0.3) is 0 Å². The van der Waals surface area contributed by atoms with Crippen LogP contribution >= 0.6 is 11.6 Å². The van der Waals surface area contributed by atoms with Gasteiger partial charge in [0.15, 0.2) is 11.5 Å². The SMILES string of the molecule is NC(Cc1cc(Cl)c2c(c1)OCCO2)C(=O)O. The van der Waals surface area contributed by atoms with Crippen molar-refractivity contribution in [3.05, 3.63) is 22.7 Å². The maximum Gasteiger partial charge on any atom is 0.320 e. The van der Waals surface area contributed by atoms with Crippen LogP contribution < -0.4 is 15.2 Å². The molecule has 1 aliphatic rings. The van der Waals surface area contributed by atoms with Crippen molar-refractivity contribution in [1.82, 2.24) is 0 Å². The van der Waals surface area contributed by atoms with Gasteiger partial charge in [-0.15, -0.1) is 0 Å². The first-order chi connectivity index (χ1) is 8.08. The molecule has 0 fully saturated rings. The fourth-order valence-corrected chi connectivity index (χ4v) is 1.91. The van der Waals surface area contributed by atoms with Crippen LogP contribution in [0.4, 0.5) is 0 Å². The van der Waals surface area contributed by atoms with E-state index >= 15 is 0 Å². The Morgan fingerprint density at radius 2 is 2.18 bits per heavy atom. The van der Waals surface area contributed by atoms with Gasteiger partial charge in [0.05, 0.1) is 5.02 Å². The molecule has 6 heteroatoms. The second kappa shape index (κ2) is 4.81. The van der Waals surface area contributed by atoms with Gasteiger partial charge in [-0.25, -0.2) is 0 Å². The first kappa shape index (κ1) is 12.0. The van der Waals surface area contributed by atoms with E-state index in [1.807, 2.05) is 0 Å². The Morgan fingerprint density at radius 3 is 2.88 bits per heavy atom. The molecule has 3 N–H and O–H groups in total. The minimum Gasteiger partial charge on any atom is -0.486 e. The van der Waals surface area contributed by atoms with E-state index in [-0.39, 0.29) is 6.42 Å². The lowest BCUT2D eigenvalue weighted by Gasteiger charge is -2.20. The normalized spacial score (nSPS) is 15.4. The molecule has 0 amide bonds. The maximum absolute atomic E-state index is 10.7. The third-order valence-corrected chi connectivity index (χ3v) is 2.71. The van der Waals surface area contributed by atoms with Crippen LogP contribution in [0.2, 0.25) is 5.02 Å². The number of carboxylic acids is 1. The second-order valence-electron chi connectivity index (χ2n) is 3.75. The number of nitrogens with two attached hydrogens (primary N) is 1. The van der Waals surface area contributed by atoms with E-state index in [0.29, 0.717) is 35.3 Å². The molecule has 0 saturated carbocycles. The molecule has 1 unspecified atom stereocenters. The highest BCUT2D eigenvalue weighted by atomic mass is 35.5. The average Bonchev–Trinajstić information content (AvgIpc) is 2.29. The summed E-state index contributed by atoms with van der Waals surface area (Å²) >= 11 is 6.02. The molecule has 0 bridgehead atoms. The third kappa shape index (κ3) is 2.62. The molecule has 92 valence electrons. The second-order valence-corrected chi connectivity index (χ2v) is 4.16. The molecule has 1 atom stereocenters. The summed E-state index contributed by atoms with van der Waals surface area (Å²) in [5, 5.41) is 9.15. The molecule has 0 aliphatic carbocycles. The molecule has 0 spiro atoms. The van der Waals surface area contributed by atoms with E-state index in [4.69, 9.17) is 31.9 Å². The number of hydrogen-bond donors (Lipinski definition) is 2. The monoisotopic (exact) mass is 257 g/mol. The summed E-state index contributed by atoms with van der Waals surface area (Å²) in [7, 11) is 0. The molecule has 1 aliphatic heterocycles. The number of aliphatic carboxylic acids is 1. The number of ether oxygens (including phenoxy) is 2. The van der Waals surface area contributed by atoms with Crippen LogP contribution in [-0.2, 0) is 11.2 Å². The Labute approximate surface area is 103 Å². The van der Waals surface area contributed by atoms with Gasteiger partial charge >= 0.3 is 5.97 Å². The van der Waals surface area contributed by atoms with Crippen LogP contribution in [0.25, 0.3) is 0 Å². The number of halogens is 1. The maximum atomic E-state index is 10.7. The summed E-state index contributed by atoms with van der Waals surface area (Å²) in [6.45, 7) is 0.915. The summed E-state index contributed by atoms with van der Waals surface area (Å²) in [5.74, 6) is -0.00193. The number of carboxylic acid groups (broad SMARTS) is 1. The van der Waals surface area contributed by atoms with Crippen LogP contribution in [0.5, 0.6) is 11.5 Å². The molecular weight excluding hydrogens is 246 g/mol. The van der Waals surface area contributed by atoms with Crippen molar-refractivity contribution in [3.63, 3.8) is 0 Å². The number of benzene rings is 1. The summed E-state index contributed by atoms with van der Waals surface area (Å²) in [5.41, 5.74) is 6.18. The molecule has 1 heterocycles. The van der Waals surface area contributed by atoms with E-state index in [9.17, 15) is 4.79 Å². The first-order valence-corrected chi connectivity index (χ1v) is 5.52. The van der Waals surface area contributed by atoms with Crippen LogP contribution in [0.1, 0.15) is 5.56 Å². The van der Waals surface area contributed by atoms with Crippen molar-refractivity contribution in [3.8, 4) is 11.5 Å². The van der Waals surface area contributed by atoms with E-state index in [2.05, 4.69) is 0 Å². The molecule has 0 radical (unpaired) electrons. The molecule has 2 rings (SSSR count). The Hall–Kier alpha value is -1.46. The van der Waals surface area contributed by atoms with Crippen LogP contribution in [-0.4, -0.2) is 30.3 Å². The number of carbonyl (C=O) groups is 1. The fourth-order valence-electron chi connectivity index (χ4n) is 1.62. The van der Waals surface area contributed by atoms with Crippen LogP contribution in [0.3, 0.4) is 0 Å². The lowest BCUT2D eigenvalue weighted by atomic mass is 10.1. The Bertz CT molecular complexity index is 449. The Morgan fingerprint density at radius 1 is 1.47 bits per heavy atom. The van der Waals surface area contributed by atoms with Gasteiger partial charge in [-0.2, -0.15) is 0 Å². The molecule has 5 nitrogen and oxygen atoms in total. The predicted octanol–water partition coefficient (Wildman–Crippen LogP) is 1.07. The highest BCUT2D eigenvalue weighted by Gasteiger charge is 2.19. The zero-order valence-corrected chi connectivity index (χ0v) is 9.74. The van der Waals surface area contributed by atoms with E-state index in [0.717, 1.165) is 0 Å². The highest BCUT2D eigenvalue weighted by molar-refractivity contribution is 6.32. The van der Waals surface area contributed by atoms with Gasteiger partial charge in [-0.3, -0.25) is 4.79 Å². The van der Waals surface area contributed by atoms with Gasteiger partial charge in [-0.1, -0.05) is 11.6 Å². The zero-order valence-electron chi connectivity index (χ0n) is 8.98. The van der Waals surface area contributed by atoms with Gasteiger partial charge in [0, 0.05) is 0 Å². The number of fused-ring (bicyclic) bond motifs is 1. The van der Waals surface area contributed by atoms with E-state index in [1.165, 1.54) is 0 Å². The lowest BCUT2D eigenvalue weighted by Crippen LogP contribution is -2.32. The van der Waals surface area contributed by atoms with Gasteiger partial charge < -0.3 is 20.3 Å². The van der Waals surface area contributed by atoms with Gasteiger partial charge in [-0.05, 0) is 24.1 Å². The topological polar surface area (TPSA) is 81.8 Å². The largest absolute Gasteiger partial charge is 0.486 e. The first-order valence-electron chi connectivity index (χ1n) is 5.14. The third-order valence-electron chi connectivity index (χ3n) is 2.43. The minimum atomic E-state index is -1.05. The molecular formula is C11H12ClNO4. The van der Waals surface area contributed by atoms with Crippen molar-refractivity contribution in [1.29, 1.82) is 0 Å². The smallest absolute Gasteiger partial charge is 0.320 e. The lowest BCUT2D eigenvalue weighted by molar-refractivity contribution is -0.138. The van der Waals surface area contributed by atoms with Crippen molar-refractivity contribution in [2.24, 2.45) is 5.73 Å². The molecule has 17 heavy (non-hydrogen) atoms. The standard InChI is InChI=1S/C11H12ClNO4/c12-7-3-6(4-8(13)11(14)15)5-9-10(7)17-2-1-16-9/h3,5,8H,1-2,4,13H2,(H,14,15).